The normalized spacial score (nSPS) is 33.2. The van der Waals surface area contributed by atoms with Crippen molar-refractivity contribution in [2.45, 2.75) is 189 Å². The Labute approximate surface area is 602 Å². The minimum atomic E-state index is -3.94. The highest BCUT2D eigenvalue weighted by molar-refractivity contribution is 7.91. The summed E-state index contributed by atoms with van der Waals surface area (Å²) in [6.45, 7) is 14.4. The molecular weight excluding hydrogens is 1350 g/mol. The maximum absolute atomic E-state index is 13.5. The molecule has 22 heteroatoms. The molecule has 4 aliphatic carbocycles. The lowest BCUT2D eigenvalue weighted by atomic mass is 9.68. The van der Waals surface area contributed by atoms with Gasteiger partial charge in [-0.25, -0.2) is 26.3 Å². The Morgan fingerprint density at radius 2 is 0.950 bits per heavy atom. The number of nitrogens with one attached hydrogen (secondary N) is 2. The van der Waals surface area contributed by atoms with Gasteiger partial charge in [-0.2, -0.15) is 0 Å². The van der Waals surface area contributed by atoms with Crippen LogP contribution in [0.5, 0.6) is 11.5 Å². The number of carbonyl (C=O) groups is 2. The molecule has 2 amide bonds. The Bertz CT molecular complexity index is 3600. The fraction of sp³-hybridized carbons (Fsp3) is 0.615. The van der Waals surface area contributed by atoms with Gasteiger partial charge in [0.1, 0.15) is 11.5 Å². The first-order valence-corrected chi connectivity index (χ1v) is 40.8. The van der Waals surface area contributed by atoms with E-state index in [1.54, 1.807) is 26.0 Å². The molecule has 2 N–H and O–H groups in total. The molecule has 2 saturated carbocycles. The summed E-state index contributed by atoms with van der Waals surface area (Å²) in [7, 11) is -7.87. The molecule has 4 fully saturated rings. The van der Waals surface area contributed by atoms with Crippen molar-refractivity contribution < 1.29 is 64.3 Å². The second-order valence-electron chi connectivity index (χ2n) is 30.2. The number of anilines is 2. The predicted molar refractivity (Wildman–Crippen MR) is 389 cm³/mol. The average molecular weight is 1450 g/mol. The zero-order chi connectivity index (χ0) is 69.8. The predicted octanol–water partition coefficient (Wildman–Crippen LogP) is 13.6. The van der Waals surface area contributed by atoms with Crippen LogP contribution in [0.3, 0.4) is 0 Å². The number of nitrogens with zero attached hydrogens (tertiary/aromatic N) is 2. The van der Waals surface area contributed by atoms with E-state index in [0.29, 0.717) is 100 Å². The van der Waals surface area contributed by atoms with Crippen LogP contribution in [-0.4, -0.2) is 143 Å². The molecule has 0 aromatic heterocycles. The van der Waals surface area contributed by atoms with E-state index >= 15 is 0 Å². The highest BCUT2D eigenvalue weighted by Crippen LogP contribution is 2.50. The molecule has 4 aromatic rings. The van der Waals surface area contributed by atoms with E-state index in [4.69, 9.17) is 61.1 Å². The lowest BCUT2D eigenvalue weighted by molar-refractivity contribution is -0.172. The van der Waals surface area contributed by atoms with Crippen molar-refractivity contribution in [2.24, 2.45) is 35.5 Å². The topological polar surface area (TPSA) is 207 Å². The van der Waals surface area contributed by atoms with Gasteiger partial charge in [0.15, 0.2) is 12.6 Å². The number of hydrogen-bond donors (Lipinski definition) is 2. The molecule has 2 saturated heterocycles. The van der Waals surface area contributed by atoms with E-state index in [1.807, 2.05) is 50.2 Å². The number of ether oxygens (including phenoxy) is 8. The van der Waals surface area contributed by atoms with Crippen LogP contribution in [0, 0.1) is 35.5 Å². The van der Waals surface area contributed by atoms with Gasteiger partial charge >= 0.3 is 0 Å². The Morgan fingerprint density at radius 3 is 1.35 bits per heavy atom. The van der Waals surface area contributed by atoms with Gasteiger partial charge in [-0.1, -0.05) is 73.5 Å². The van der Waals surface area contributed by atoms with Crippen LogP contribution in [0.25, 0.3) is 0 Å². The van der Waals surface area contributed by atoms with Crippen LogP contribution in [0.4, 0.5) is 11.4 Å². The van der Waals surface area contributed by atoms with Crippen LogP contribution >= 0.6 is 23.2 Å². The van der Waals surface area contributed by atoms with Crippen LogP contribution in [0.1, 0.15) is 173 Å². The van der Waals surface area contributed by atoms with Gasteiger partial charge in [0.2, 0.25) is 20.0 Å². The Balaban J connectivity index is 0.000000179. The molecule has 18 nitrogen and oxygen atoms in total. The van der Waals surface area contributed by atoms with E-state index < -0.39 is 42.4 Å². The van der Waals surface area contributed by atoms with Crippen LogP contribution < -0.4 is 28.7 Å². The lowest BCUT2D eigenvalue weighted by Crippen LogP contribution is -2.49. The van der Waals surface area contributed by atoms with Gasteiger partial charge in [-0.05, 0) is 248 Å². The summed E-state index contributed by atoms with van der Waals surface area (Å²) >= 11 is 12.9. The SMILES string of the molecule is C[C@@H]1[C@@H](C)C/C=C/[C@H](OCCO[C@@H]2CCCCO2)[C@@H]2CC[C@H]2CN2C[C@@]3(CCCc4cc(Cl)ccc43)COc3ccc(cc32)C(=O)NS1(=O)=O.C[C@@H]1[C@@H](C)C/C=C/[C@H](OCCO[C@H]2CCCCO2)[C@@H]2CC[C@H]2CN2C[C@@]3(CCCc4cc(Cl)ccc43)COc3ccc(cc32)C(=O)NS1(=O)=O. The number of fused-ring (bicyclic) bond motifs is 8. The molecule has 0 radical (unpaired) electrons. The van der Waals surface area contributed by atoms with Crippen molar-refractivity contribution in [3.8, 4) is 11.5 Å². The van der Waals surface area contributed by atoms with E-state index in [1.165, 1.54) is 22.3 Å². The van der Waals surface area contributed by atoms with E-state index in [2.05, 4.69) is 67.8 Å². The third-order valence-electron chi connectivity index (χ3n) is 23.7. The van der Waals surface area contributed by atoms with Gasteiger partial charge in [0, 0.05) is 71.4 Å². The molecule has 6 heterocycles. The van der Waals surface area contributed by atoms with Gasteiger partial charge in [0.25, 0.3) is 11.8 Å². The Hall–Kier alpha value is -5.26. The number of halogens is 2. The zero-order valence-electron chi connectivity index (χ0n) is 58.6. The minimum Gasteiger partial charge on any atom is -0.490 e. The first-order valence-electron chi connectivity index (χ1n) is 37.0. The first-order chi connectivity index (χ1) is 48.2. The Morgan fingerprint density at radius 1 is 0.520 bits per heavy atom. The zero-order valence-corrected chi connectivity index (χ0v) is 61.7. The van der Waals surface area contributed by atoms with Crippen molar-refractivity contribution in [3.05, 3.63) is 141 Å². The number of sulfonamides is 2. The monoisotopic (exact) mass is 1450 g/mol. The lowest BCUT2D eigenvalue weighted by Gasteiger charge is -2.46. The summed E-state index contributed by atoms with van der Waals surface area (Å²) in [5.41, 5.74) is 6.80. The van der Waals surface area contributed by atoms with E-state index in [9.17, 15) is 26.4 Å². The van der Waals surface area contributed by atoms with E-state index in [-0.39, 0.29) is 59.3 Å². The van der Waals surface area contributed by atoms with Crippen molar-refractivity contribution in [2.75, 3.05) is 88.8 Å². The molecule has 0 unspecified atom stereocenters. The number of hydrogen-bond acceptors (Lipinski definition) is 16. The quantitative estimate of drug-likeness (QED) is 0.112. The molecule has 2 spiro atoms. The van der Waals surface area contributed by atoms with Crippen LogP contribution in [0.2, 0.25) is 10.0 Å². The number of rotatable bonds is 10. The van der Waals surface area contributed by atoms with Crippen molar-refractivity contribution >= 4 is 66.4 Å². The van der Waals surface area contributed by atoms with Crippen LogP contribution in [0.15, 0.2) is 97.1 Å². The number of carbonyl (C=O) groups excluding carboxylic acids is 2. The molecule has 544 valence electrons. The molecule has 14 atom stereocenters. The molecule has 10 aliphatic rings. The standard InChI is InChI=1S/2C39H51ClN2O7S/c2*1-26-7-5-9-35(46-19-20-48-37-10-3-4-18-47-37)32-14-11-30(32)23-42-24-39(17-6-8-28-21-31(40)13-15-33(28)39)25-49-36-16-12-29(22-34(36)42)38(43)41-50(44,45)27(26)2/h2*5,9,12-13,15-16,21-22,26-27,30,32,35,37H,3-4,6-8,10-11,14,17-20,23-25H2,1-2H3,(H,41,43)/b2*9-5+/t26-,27+,30-,32+,35-,37+,39-;26-,27+,30-,32+,35-,37-,39-/m00/s1. The fourth-order valence-electron chi connectivity index (χ4n) is 17.1. The summed E-state index contributed by atoms with van der Waals surface area (Å²) in [6, 6.07) is 23.1. The summed E-state index contributed by atoms with van der Waals surface area (Å²) in [5.74, 6) is 1.01. The molecule has 6 aliphatic heterocycles. The third kappa shape index (κ3) is 16.6. The first kappa shape index (κ1) is 73.1. The van der Waals surface area contributed by atoms with E-state index in [0.717, 1.165) is 150 Å². The number of allylic oxidation sites excluding steroid dienone is 2. The largest absolute Gasteiger partial charge is 0.490 e. The minimum absolute atomic E-state index is 0.128. The number of amides is 2. The van der Waals surface area contributed by atoms with Crippen LogP contribution in [-0.2, 0) is 72.1 Å². The molecule has 4 bridgehead atoms. The number of aryl methyl sites for hydroxylation is 2. The Kier molecular flexibility index (Phi) is 23.4. The maximum Gasteiger partial charge on any atom is 0.264 e. The summed E-state index contributed by atoms with van der Waals surface area (Å²) < 4.78 is 108. The molecular formula is C78H102Cl2N4O14S2. The van der Waals surface area contributed by atoms with Gasteiger partial charge in [0.05, 0.1) is 73.7 Å². The second-order valence-corrected chi connectivity index (χ2v) is 35.2. The summed E-state index contributed by atoms with van der Waals surface area (Å²) in [4.78, 5) is 31.8. The van der Waals surface area contributed by atoms with Gasteiger partial charge in [-0.3, -0.25) is 9.59 Å². The molecule has 4 aromatic carbocycles. The molecule has 100 heavy (non-hydrogen) atoms. The highest BCUT2D eigenvalue weighted by atomic mass is 35.5. The van der Waals surface area contributed by atoms with Crippen molar-refractivity contribution in [1.29, 1.82) is 0 Å². The van der Waals surface area contributed by atoms with Gasteiger partial charge in [-0.15, -0.1) is 0 Å². The summed E-state index contributed by atoms with van der Waals surface area (Å²) in [5, 5.41) is -0.0646. The second kappa shape index (κ2) is 32.0. The number of benzene rings is 4. The smallest absolute Gasteiger partial charge is 0.264 e. The fourth-order valence-corrected chi connectivity index (χ4v) is 20.0. The van der Waals surface area contributed by atoms with Crippen molar-refractivity contribution in [3.63, 3.8) is 0 Å². The molecule has 14 rings (SSSR count). The van der Waals surface area contributed by atoms with Gasteiger partial charge < -0.3 is 47.7 Å². The summed E-state index contributed by atoms with van der Waals surface area (Å²) in [6.07, 6.45) is 25.3. The highest BCUT2D eigenvalue weighted by Gasteiger charge is 2.48. The maximum atomic E-state index is 13.5. The average Bonchev–Trinajstić information content (AvgIpc) is 1.49. The third-order valence-corrected chi connectivity index (χ3v) is 28.0. The van der Waals surface area contributed by atoms with Crippen molar-refractivity contribution in [1.82, 2.24) is 9.44 Å².